The zero-order valence-corrected chi connectivity index (χ0v) is 23.7. The van der Waals surface area contributed by atoms with Crippen molar-refractivity contribution >= 4 is 27.2 Å². The Bertz CT molecular complexity index is 361. The lowest BCUT2D eigenvalue weighted by molar-refractivity contribution is -0.0274. The molecule has 0 saturated heterocycles. The summed E-state index contributed by atoms with van der Waals surface area (Å²) in [4.78, 5) is 0. The number of hydrogen-bond donors (Lipinski definition) is 0. The van der Waals surface area contributed by atoms with E-state index in [-0.39, 0.29) is 5.67 Å². The van der Waals surface area contributed by atoms with Gasteiger partial charge >= 0.3 is 27.2 Å². The van der Waals surface area contributed by atoms with Gasteiger partial charge in [0.25, 0.3) is 0 Å². The zero-order chi connectivity index (χ0) is 23.0. The van der Waals surface area contributed by atoms with E-state index < -0.39 is 27.2 Å². The smallest absolute Gasteiger partial charge is 0.399 e. The molecule has 12 heteroatoms. The van der Waals surface area contributed by atoms with Gasteiger partial charge in [-0.15, -0.1) is 0 Å². The second-order valence-corrected chi connectivity index (χ2v) is 13.9. The van der Waals surface area contributed by atoms with Gasteiger partial charge in [0, 0.05) is 53.9 Å². The third-order valence-electron chi connectivity index (χ3n) is 4.25. The Kier molecular flexibility index (Phi) is 17.0. The summed E-state index contributed by atoms with van der Waals surface area (Å²) in [7, 11) is -5.81. The summed E-state index contributed by atoms with van der Waals surface area (Å²) in [5.74, 6) is 0. The summed E-state index contributed by atoms with van der Waals surface area (Å²) in [6, 6.07) is 0. The Morgan fingerprint density at radius 1 is 0.600 bits per heavy atom. The van der Waals surface area contributed by atoms with Gasteiger partial charge in [-0.1, -0.05) is 13.3 Å². The highest BCUT2D eigenvalue weighted by molar-refractivity contribution is 6.76. The second kappa shape index (κ2) is 16.9. The van der Waals surface area contributed by atoms with Gasteiger partial charge in [-0.05, 0) is 48.0 Å². The Morgan fingerprint density at radius 3 is 1.10 bits per heavy atom. The molecule has 0 aliphatic rings. The summed E-state index contributed by atoms with van der Waals surface area (Å²) in [5.41, 5.74) is -0.183. The lowest BCUT2D eigenvalue weighted by Crippen LogP contribution is -2.79. The highest BCUT2D eigenvalue weighted by Crippen LogP contribution is 2.32. The van der Waals surface area contributed by atoms with Crippen LogP contribution < -0.4 is 0 Å². The van der Waals surface area contributed by atoms with E-state index >= 15 is 0 Å². The second-order valence-electron chi connectivity index (χ2n) is 6.21. The van der Waals surface area contributed by atoms with E-state index in [1.807, 2.05) is 45.8 Å². The summed E-state index contributed by atoms with van der Waals surface area (Å²) in [5, 5.41) is 0. The molecule has 1 unspecified atom stereocenters. The lowest BCUT2D eigenvalue weighted by Gasteiger charge is -2.48. The fourth-order valence-electron chi connectivity index (χ4n) is 3.43. The quantitative estimate of drug-likeness (QED) is 0.241. The first-order valence-corrected chi connectivity index (χ1v) is 16.1. The predicted octanol–water partition coefficient (Wildman–Crippen LogP) is 2.60. The Balaban J connectivity index is 6.96. The molecule has 0 aliphatic heterocycles. The van der Waals surface area contributed by atoms with E-state index in [9.17, 15) is 0 Å². The molecule has 1 atom stereocenters. The molecule has 30 heavy (non-hydrogen) atoms. The van der Waals surface area contributed by atoms with E-state index in [1.54, 1.807) is 14.2 Å². The Labute approximate surface area is 187 Å². The molecule has 0 saturated carbocycles. The molecule has 0 fully saturated rings. The van der Waals surface area contributed by atoms with Gasteiger partial charge < -0.3 is 35.4 Å². The molecule has 0 aromatic rings. The molecule has 9 nitrogen and oxygen atoms in total. The van der Waals surface area contributed by atoms with E-state index in [2.05, 4.69) is 6.92 Å². The van der Waals surface area contributed by atoms with E-state index in [1.165, 1.54) is 0 Å². The lowest BCUT2D eigenvalue weighted by atomic mass is 10.3. The van der Waals surface area contributed by atoms with Crippen LogP contribution in [-0.2, 0) is 35.4 Å². The summed E-state index contributed by atoms with van der Waals surface area (Å²) < 4.78 is 51.6. The van der Waals surface area contributed by atoms with Crippen molar-refractivity contribution in [2.45, 2.75) is 67.0 Å². The molecular formula is C18H45NO8Si3. The largest absolute Gasteiger partial charge is 0.598 e. The average Bonchev–Trinajstić information content (AvgIpc) is 2.70. The maximum absolute atomic E-state index is 6.31. The first kappa shape index (κ1) is 30.3. The van der Waals surface area contributed by atoms with Crippen molar-refractivity contribution in [2.75, 3.05) is 53.9 Å². The highest BCUT2D eigenvalue weighted by atomic mass is 28.5. The van der Waals surface area contributed by atoms with Crippen LogP contribution in [0.25, 0.3) is 0 Å². The molecule has 0 spiro atoms. The van der Waals surface area contributed by atoms with Crippen molar-refractivity contribution in [3.05, 3.63) is 0 Å². The van der Waals surface area contributed by atoms with Gasteiger partial charge in [0.15, 0.2) is 0 Å². The van der Waals surface area contributed by atoms with Crippen molar-refractivity contribution in [1.29, 1.82) is 0 Å². The van der Waals surface area contributed by atoms with Gasteiger partial charge in [0.2, 0.25) is 0 Å². The van der Waals surface area contributed by atoms with Crippen LogP contribution in [0.15, 0.2) is 0 Å². The first-order chi connectivity index (χ1) is 14.5. The van der Waals surface area contributed by atoms with Crippen LogP contribution >= 0.6 is 0 Å². The normalized spacial score (nSPS) is 14.1. The molecule has 0 amide bonds. The molecule has 0 rings (SSSR count). The first-order valence-electron chi connectivity index (χ1n) is 11.1. The highest BCUT2D eigenvalue weighted by Gasteiger charge is 2.67. The Morgan fingerprint density at radius 2 is 0.900 bits per heavy atom. The van der Waals surface area contributed by atoms with Gasteiger partial charge in [-0.25, -0.2) is 4.23 Å². The van der Waals surface area contributed by atoms with Crippen molar-refractivity contribution in [2.24, 2.45) is 0 Å². The van der Waals surface area contributed by atoms with Gasteiger partial charge in [-0.2, -0.15) is 0 Å². The number of nitrogens with zero attached hydrogens (tertiary/aromatic N) is 1. The van der Waals surface area contributed by atoms with Gasteiger partial charge in [-0.3, -0.25) is 0 Å². The van der Waals surface area contributed by atoms with Crippen molar-refractivity contribution in [3.8, 4) is 0 Å². The number of hydrogen-bond acceptors (Lipinski definition) is 9. The molecule has 0 aromatic carbocycles. The minimum Gasteiger partial charge on any atom is -0.399 e. The van der Waals surface area contributed by atoms with Crippen LogP contribution in [0.1, 0.15) is 61.3 Å². The van der Waals surface area contributed by atoms with E-state index in [4.69, 9.17) is 35.4 Å². The average molecular weight is 488 g/mol. The fraction of sp³-hybridized carbons (Fsp3) is 1.00. The SMILES string of the molecule is CCCC(N([Si](OCC)(OCC)OCC)[Si](OCC)(OCC)OCC)[SiH](OC)OC. The Hall–Kier alpha value is 0.291. The van der Waals surface area contributed by atoms with Crippen LogP contribution in [0, 0.1) is 0 Å². The molecule has 0 N–H and O–H groups in total. The topological polar surface area (TPSA) is 77.1 Å². The van der Waals surface area contributed by atoms with Crippen molar-refractivity contribution in [3.63, 3.8) is 0 Å². The molecule has 0 bridgehead atoms. The maximum Gasteiger partial charge on any atom is 0.598 e. The van der Waals surface area contributed by atoms with E-state index in [0.717, 1.165) is 12.8 Å². The third-order valence-corrected chi connectivity index (χ3v) is 14.4. The van der Waals surface area contributed by atoms with E-state index in [0.29, 0.717) is 39.6 Å². The summed E-state index contributed by atoms with van der Waals surface area (Å²) in [6.07, 6.45) is 1.68. The van der Waals surface area contributed by atoms with Crippen molar-refractivity contribution in [1.82, 2.24) is 4.23 Å². The summed E-state index contributed by atoms with van der Waals surface area (Å²) in [6.45, 7) is 16.2. The van der Waals surface area contributed by atoms with Crippen LogP contribution in [-0.4, -0.2) is 91.0 Å². The van der Waals surface area contributed by atoms with Crippen LogP contribution in [0.3, 0.4) is 0 Å². The van der Waals surface area contributed by atoms with Crippen LogP contribution in [0.5, 0.6) is 0 Å². The molecular weight excluding hydrogens is 442 g/mol. The van der Waals surface area contributed by atoms with Crippen LogP contribution in [0.2, 0.25) is 0 Å². The maximum atomic E-state index is 6.31. The molecule has 0 aliphatic carbocycles. The predicted molar refractivity (Wildman–Crippen MR) is 123 cm³/mol. The zero-order valence-electron chi connectivity index (χ0n) is 20.5. The van der Waals surface area contributed by atoms with Crippen molar-refractivity contribution < 1.29 is 35.4 Å². The fourth-order valence-corrected chi connectivity index (χ4v) is 14.0. The van der Waals surface area contributed by atoms with Gasteiger partial charge in [0.1, 0.15) is 0 Å². The minimum absolute atomic E-state index is 0.183. The number of rotatable bonds is 20. The standard InChI is InChI=1S/C18H45NO8Si3/c1-10-17-18(28(20-8)21-9)19(29(22-11-2,23-12-3)24-13-4)30(25-14-5,26-15-6)27-16-7/h18,28H,10-17H2,1-9H3. The van der Waals surface area contributed by atoms with Crippen LogP contribution in [0.4, 0.5) is 0 Å². The molecule has 0 heterocycles. The summed E-state index contributed by atoms with van der Waals surface area (Å²) >= 11 is 0. The monoisotopic (exact) mass is 487 g/mol. The molecule has 0 aromatic heterocycles. The molecule has 0 radical (unpaired) electrons. The third kappa shape index (κ3) is 8.01. The minimum atomic E-state index is -3.47. The van der Waals surface area contributed by atoms with Gasteiger partial charge in [0.05, 0.1) is 5.67 Å². The molecule has 182 valence electrons.